The van der Waals surface area contributed by atoms with Gasteiger partial charge >= 0.3 is 0 Å². The topological polar surface area (TPSA) is 76.9 Å². The lowest BCUT2D eigenvalue weighted by Gasteiger charge is -2.21. The summed E-state index contributed by atoms with van der Waals surface area (Å²) in [7, 11) is -3.44. The average Bonchev–Trinajstić information content (AvgIpc) is 3.19. The Morgan fingerprint density at radius 2 is 1.81 bits per heavy atom. The minimum absolute atomic E-state index is 0.333. The lowest BCUT2D eigenvalue weighted by molar-refractivity contribution is 0.435. The van der Waals surface area contributed by atoms with E-state index in [1.54, 1.807) is 24.8 Å². The molecule has 0 aliphatic carbocycles. The molecular formula is C20H28N4O2S. The van der Waals surface area contributed by atoms with E-state index in [4.69, 9.17) is 0 Å². The molecule has 6 nitrogen and oxygen atoms in total. The van der Waals surface area contributed by atoms with E-state index in [-0.39, 0.29) is 0 Å². The first-order valence-electron chi connectivity index (χ1n) is 9.61. The number of nitrogens with zero attached hydrogens (tertiary/aromatic N) is 3. The zero-order valence-corrected chi connectivity index (χ0v) is 16.7. The number of aryl methyl sites for hydroxylation is 2. The first kappa shape index (κ1) is 19.8. The molecule has 0 radical (unpaired) electrons. The van der Waals surface area contributed by atoms with E-state index >= 15 is 0 Å². The summed E-state index contributed by atoms with van der Waals surface area (Å²) in [6, 6.07) is 7.17. The van der Waals surface area contributed by atoms with Gasteiger partial charge in [-0.3, -0.25) is 0 Å². The van der Waals surface area contributed by atoms with Crippen LogP contribution in [0.25, 0.3) is 0 Å². The number of sulfone groups is 1. The van der Waals surface area contributed by atoms with Crippen LogP contribution in [-0.2, 0) is 16.4 Å². The Bertz CT molecular complexity index is 837. The van der Waals surface area contributed by atoms with E-state index in [0.29, 0.717) is 22.1 Å². The maximum Gasteiger partial charge on any atom is 0.202 e. The highest BCUT2D eigenvalue weighted by Crippen LogP contribution is 2.27. The second-order valence-electron chi connectivity index (χ2n) is 7.19. The summed E-state index contributed by atoms with van der Waals surface area (Å²) >= 11 is 0. The van der Waals surface area contributed by atoms with E-state index in [2.05, 4.69) is 15.5 Å². The van der Waals surface area contributed by atoms with Gasteiger partial charge in [0.15, 0.2) is 0 Å². The molecule has 7 heteroatoms. The minimum atomic E-state index is -3.44. The van der Waals surface area contributed by atoms with Crippen molar-refractivity contribution in [3.05, 3.63) is 53.5 Å². The predicted octanol–water partition coefficient (Wildman–Crippen LogP) is 3.11. The minimum Gasteiger partial charge on any atom is -0.320 e. The highest BCUT2D eigenvalue weighted by molar-refractivity contribution is 7.95. The van der Waals surface area contributed by atoms with Crippen LogP contribution in [0.1, 0.15) is 37.7 Å². The number of unbranched alkanes of at least 4 members (excludes halogenated alkanes) is 1. The molecule has 0 saturated carbocycles. The number of rotatable bonds is 8. The maximum absolute atomic E-state index is 13.2. The van der Waals surface area contributed by atoms with E-state index < -0.39 is 9.84 Å². The fraction of sp³-hybridized carbons (Fsp3) is 0.500. The molecule has 146 valence electrons. The number of benzene rings is 1. The molecule has 1 aliphatic heterocycles. The van der Waals surface area contributed by atoms with Crippen molar-refractivity contribution < 1.29 is 8.42 Å². The molecule has 1 aromatic carbocycles. The summed E-state index contributed by atoms with van der Waals surface area (Å²) < 4.78 is 28.4. The van der Waals surface area contributed by atoms with Crippen LogP contribution in [0.3, 0.4) is 0 Å². The van der Waals surface area contributed by atoms with Crippen LogP contribution in [-0.4, -0.2) is 36.3 Å². The highest BCUT2D eigenvalue weighted by Gasteiger charge is 2.22. The normalized spacial score (nSPS) is 16.6. The van der Waals surface area contributed by atoms with Crippen molar-refractivity contribution in [2.24, 2.45) is 5.92 Å². The second-order valence-corrected chi connectivity index (χ2v) is 9.20. The van der Waals surface area contributed by atoms with Gasteiger partial charge in [-0.15, -0.1) is 10.2 Å². The molecule has 0 spiro atoms. The highest BCUT2D eigenvalue weighted by atomic mass is 32.2. The lowest BCUT2D eigenvalue weighted by Crippen LogP contribution is -2.27. The standard InChI is InChI=1S/C20H28N4O2S/c1-17-5-7-19(8-6-17)27(25,26)20(14-18-9-11-21-12-10-18)4-2-3-13-24-15-22-23-16-24/h5-8,14-16,18,21H,2-4,9-13H2,1H3/b20-14+. The third kappa shape index (κ3) is 5.49. The smallest absolute Gasteiger partial charge is 0.202 e. The largest absolute Gasteiger partial charge is 0.320 e. The molecule has 27 heavy (non-hydrogen) atoms. The van der Waals surface area contributed by atoms with Crippen LogP contribution in [0.2, 0.25) is 0 Å². The molecule has 1 N–H and O–H groups in total. The Morgan fingerprint density at radius 1 is 1.15 bits per heavy atom. The van der Waals surface area contributed by atoms with Crippen molar-refractivity contribution >= 4 is 9.84 Å². The maximum atomic E-state index is 13.2. The molecule has 1 saturated heterocycles. The van der Waals surface area contributed by atoms with Gasteiger partial charge in [-0.05, 0) is 70.2 Å². The SMILES string of the molecule is Cc1ccc(S(=O)(=O)/C(=C/C2CCNCC2)CCCCn2cnnc2)cc1. The summed E-state index contributed by atoms with van der Waals surface area (Å²) in [5.74, 6) is 0.333. The van der Waals surface area contributed by atoms with Gasteiger partial charge in [0, 0.05) is 11.4 Å². The van der Waals surface area contributed by atoms with Gasteiger partial charge in [-0.25, -0.2) is 8.42 Å². The van der Waals surface area contributed by atoms with Crippen molar-refractivity contribution in [1.29, 1.82) is 0 Å². The molecule has 0 bridgehead atoms. The summed E-state index contributed by atoms with van der Waals surface area (Å²) in [6.45, 7) is 4.67. The van der Waals surface area contributed by atoms with E-state index in [9.17, 15) is 8.42 Å². The predicted molar refractivity (Wildman–Crippen MR) is 106 cm³/mol. The van der Waals surface area contributed by atoms with Crippen LogP contribution in [0, 0.1) is 12.8 Å². The Balaban J connectivity index is 1.73. The van der Waals surface area contributed by atoms with Gasteiger partial charge in [0.2, 0.25) is 9.84 Å². The molecule has 1 aromatic heterocycles. The molecule has 2 aromatic rings. The molecule has 0 amide bonds. The first-order chi connectivity index (χ1) is 13.1. The van der Waals surface area contributed by atoms with Crippen molar-refractivity contribution in [1.82, 2.24) is 20.1 Å². The molecule has 0 unspecified atom stereocenters. The van der Waals surface area contributed by atoms with E-state index in [1.165, 1.54) is 0 Å². The Morgan fingerprint density at radius 3 is 2.48 bits per heavy atom. The van der Waals surface area contributed by atoms with Gasteiger partial charge < -0.3 is 9.88 Å². The zero-order chi connectivity index (χ0) is 19.1. The number of nitrogens with one attached hydrogen (secondary N) is 1. The average molecular weight is 389 g/mol. The molecule has 0 atom stereocenters. The van der Waals surface area contributed by atoms with E-state index in [0.717, 1.165) is 50.9 Å². The number of allylic oxidation sites excluding steroid dienone is 2. The summed E-state index contributed by atoms with van der Waals surface area (Å²) in [4.78, 5) is 0.967. The van der Waals surface area contributed by atoms with Gasteiger partial charge in [0.05, 0.1) is 4.90 Å². The van der Waals surface area contributed by atoms with Gasteiger partial charge in [0.1, 0.15) is 12.7 Å². The number of aromatic nitrogens is 3. The lowest BCUT2D eigenvalue weighted by atomic mass is 9.97. The number of hydrogen-bond acceptors (Lipinski definition) is 5. The van der Waals surface area contributed by atoms with Crippen LogP contribution >= 0.6 is 0 Å². The molecular weight excluding hydrogens is 360 g/mol. The third-order valence-electron chi connectivity index (χ3n) is 5.04. The van der Waals surface area contributed by atoms with Crippen molar-refractivity contribution in [2.45, 2.75) is 50.5 Å². The van der Waals surface area contributed by atoms with Crippen LogP contribution in [0.5, 0.6) is 0 Å². The van der Waals surface area contributed by atoms with Crippen LogP contribution < -0.4 is 5.32 Å². The number of piperidine rings is 1. The Labute approximate surface area is 161 Å². The zero-order valence-electron chi connectivity index (χ0n) is 15.8. The van der Waals surface area contributed by atoms with Crippen molar-refractivity contribution in [3.8, 4) is 0 Å². The summed E-state index contributed by atoms with van der Waals surface area (Å²) in [5, 5.41) is 10.9. The molecule has 3 rings (SSSR count). The quantitative estimate of drug-likeness (QED) is 0.703. The Kier molecular flexibility index (Phi) is 6.79. The number of hydrogen-bond donors (Lipinski definition) is 1. The van der Waals surface area contributed by atoms with Crippen molar-refractivity contribution in [2.75, 3.05) is 13.1 Å². The second kappa shape index (κ2) is 9.28. The molecule has 1 fully saturated rings. The van der Waals surface area contributed by atoms with Crippen LogP contribution in [0.15, 0.2) is 52.8 Å². The van der Waals surface area contributed by atoms with Gasteiger partial charge in [-0.1, -0.05) is 23.8 Å². The van der Waals surface area contributed by atoms with Crippen LogP contribution in [0.4, 0.5) is 0 Å². The van der Waals surface area contributed by atoms with Gasteiger partial charge in [0.25, 0.3) is 0 Å². The summed E-state index contributed by atoms with van der Waals surface area (Å²) in [5.41, 5.74) is 1.06. The molecule has 1 aliphatic rings. The van der Waals surface area contributed by atoms with Gasteiger partial charge in [-0.2, -0.15) is 0 Å². The Hall–Kier alpha value is -1.99. The summed E-state index contributed by atoms with van der Waals surface area (Å²) in [6.07, 6.45) is 9.67. The third-order valence-corrected chi connectivity index (χ3v) is 6.96. The fourth-order valence-electron chi connectivity index (χ4n) is 3.38. The van der Waals surface area contributed by atoms with Crippen molar-refractivity contribution in [3.63, 3.8) is 0 Å². The fourth-order valence-corrected chi connectivity index (χ4v) is 4.96. The van der Waals surface area contributed by atoms with E-state index in [1.807, 2.05) is 29.7 Å². The molecule has 2 heterocycles. The first-order valence-corrected chi connectivity index (χ1v) is 11.1. The monoisotopic (exact) mass is 388 g/mol.